The predicted octanol–water partition coefficient (Wildman–Crippen LogP) is 14.7. The third kappa shape index (κ3) is 5.71. The van der Waals surface area contributed by atoms with E-state index in [2.05, 4.69) is 210 Å². The Morgan fingerprint density at radius 2 is 1.02 bits per heavy atom. The van der Waals surface area contributed by atoms with Gasteiger partial charge < -0.3 is 9.30 Å². The van der Waals surface area contributed by atoms with Gasteiger partial charge in [-0.15, -0.1) is 0 Å². The molecule has 0 radical (unpaired) electrons. The number of rotatable bonds is 6. The van der Waals surface area contributed by atoms with Crippen LogP contribution in [0.5, 0.6) is 5.75 Å². The molecule has 5 heteroatoms. The van der Waals surface area contributed by atoms with Crippen molar-refractivity contribution in [3.05, 3.63) is 223 Å². The first kappa shape index (κ1) is 36.4. The van der Waals surface area contributed by atoms with Crippen LogP contribution in [-0.2, 0) is 0 Å². The lowest BCUT2D eigenvalue weighted by atomic mass is 9.82. The van der Waals surface area contributed by atoms with Crippen molar-refractivity contribution in [2.45, 2.75) is 18.9 Å². The minimum absolute atomic E-state index is 0.325. The Balaban J connectivity index is 0.919. The van der Waals surface area contributed by atoms with Crippen LogP contribution >= 0.6 is 0 Å². The number of para-hydroxylation sites is 3. The first-order valence-electron chi connectivity index (χ1n) is 22.0. The summed E-state index contributed by atoms with van der Waals surface area (Å²) in [6.07, 6.45) is 5.47. The number of hydrogen-bond donors (Lipinski definition) is 0. The van der Waals surface area contributed by atoms with Crippen molar-refractivity contribution in [3.8, 4) is 51.0 Å². The minimum Gasteiger partial charge on any atom is -0.482 e. The van der Waals surface area contributed by atoms with Gasteiger partial charge in [0.05, 0.1) is 33.5 Å². The Morgan fingerprint density at radius 3 is 1.75 bits per heavy atom. The molecule has 0 spiro atoms. The Morgan fingerprint density at radius 1 is 0.453 bits per heavy atom. The molecule has 0 fully saturated rings. The smallest absolute Gasteiger partial charge is 0.235 e. The van der Waals surface area contributed by atoms with Crippen molar-refractivity contribution >= 4 is 54.8 Å². The molecule has 1 aliphatic carbocycles. The molecule has 1 unspecified atom stereocenters. The zero-order valence-corrected chi connectivity index (χ0v) is 35.1. The lowest BCUT2D eigenvalue weighted by Crippen LogP contribution is -2.30. The lowest BCUT2D eigenvalue weighted by molar-refractivity contribution is 0.170. The average molecular weight is 821 g/mol. The number of aromatic nitrogens is 4. The quantitative estimate of drug-likeness (QED) is 0.168. The second-order valence-corrected chi connectivity index (χ2v) is 17.1. The molecular formula is C59H40N4O. The third-order valence-corrected chi connectivity index (χ3v) is 13.3. The summed E-state index contributed by atoms with van der Waals surface area (Å²) < 4.78 is 11.1. The van der Waals surface area contributed by atoms with Crippen LogP contribution in [-0.4, -0.2) is 24.7 Å². The fourth-order valence-corrected chi connectivity index (χ4v) is 10.1. The van der Waals surface area contributed by atoms with Crippen LogP contribution in [0.1, 0.15) is 24.5 Å². The molecule has 8 aromatic carbocycles. The molecule has 5 nitrogen and oxygen atoms in total. The third-order valence-electron chi connectivity index (χ3n) is 13.3. The van der Waals surface area contributed by atoms with E-state index in [-0.39, 0.29) is 5.60 Å². The second kappa shape index (κ2) is 14.1. The summed E-state index contributed by atoms with van der Waals surface area (Å²) >= 11 is 0. The van der Waals surface area contributed by atoms with E-state index < -0.39 is 0 Å². The number of fused-ring (bicyclic) bond motifs is 9. The van der Waals surface area contributed by atoms with Crippen LogP contribution in [0.15, 0.2) is 212 Å². The number of allylic oxidation sites excluding steroid dienone is 2. The lowest BCUT2D eigenvalue weighted by Gasteiger charge is -2.28. The van der Waals surface area contributed by atoms with Gasteiger partial charge in [-0.1, -0.05) is 152 Å². The van der Waals surface area contributed by atoms with Gasteiger partial charge in [0.1, 0.15) is 11.4 Å². The van der Waals surface area contributed by atoms with Gasteiger partial charge >= 0.3 is 0 Å². The topological polar surface area (TPSA) is 44.9 Å². The zero-order valence-electron chi connectivity index (χ0n) is 35.1. The van der Waals surface area contributed by atoms with Crippen LogP contribution in [0.3, 0.4) is 0 Å². The molecule has 1 aliphatic heterocycles. The van der Waals surface area contributed by atoms with Crippen molar-refractivity contribution < 1.29 is 4.74 Å². The first-order chi connectivity index (χ1) is 31.6. The number of ether oxygens (including phenoxy) is 1. The molecular weight excluding hydrogens is 781 g/mol. The van der Waals surface area contributed by atoms with Gasteiger partial charge in [-0.2, -0.15) is 0 Å². The monoisotopic (exact) mass is 820 g/mol. The fourth-order valence-electron chi connectivity index (χ4n) is 10.1. The van der Waals surface area contributed by atoms with Crippen LogP contribution in [0, 0.1) is 0 Å². The van der Waals surface area contributed by atoms with Gasteiger partial charge in [-0.05, 0) is 89.9 Å². The molecule has 13 rings (SSSR count). The molecule has 0 N–H and O–H groups in total. The normalized spacial score (nSPS) is 15.6. The predicted molar refractivity (Wildman–Crippen MR) is 263 cm³/mol. The Labute approximate surface area is 370 Å². The van der Waals surface area contributed by atoms with E-state index in [0.29, 0.717) is 5.95 Å². The molecule has 302 valence electrons. The SMILES string of the molecule is CC12CC=C(c3ccc(-n4c5ccccc5c5cc(-c6ccc7c8ccccc8n(-c8nc(-c9ccccc9)cc(-c9ccccc9)n8)c7c6)ccc54)cc3)C=C1c1ccccc1O2. The molecule has 0 amide bonds. The molecule has 0 bridgehead atoms. The van der Waals surface area contributed by atoms with Gasteiger partial charge in [-0.25, -0.2) is 9.97 Å². The van der Waals surface area contributed by atoms with Crippen LogP contribution in [0.25, 0.3) is 100 Å². The first-order valence-corrected chi connectivity index (χ1v) is 22.0. The summed E-state index contributed by atoms with van der Waals surface area (Å²) in [6.45, 7) is 2.20. The summed E-state index contributed by atoms with van der Waals surface area (Å²) in [5.74, 6) is 1.61. The average Bonchev–Trinajstić information content (AvgIpc) is 3.98. The van der Waals surface area contributed by atoms with Gasteiger partial charge in [0, 0.05) is 55.9 Å². The van der Waals surface area contributed by atoms with Crippen molar-refractivity contribution in [1.82, 2.24) is 19.1 Å². The van der Waals surface area contributed by atoms with Crippen molar-refractivity contribution in [1.29, 1.82) is 0 Å². The number of benzene rings is 8. The Hall–Kier alpha value is -8.28. The highest BCUT2D eigenvalue weighted by atomic mass is 16.5. The summed E-state index contributed by atoms with van der Waals surface area (Å²) in [5, 5.41) is 4.75. The molecule has 0 saturated heterocycles. The van der Waals surface area contributed by atoms with Gasteiger partial charge in [0.2, 0.25) is 5.95 Å². The van der Waals surface area contributed by atoms with E-state index in [1.807, 2.05) is 18.2 Å². The molecule has 4 heterocycles. The molecule has 2 aliphatic rings. The molecule has 3 aromatic heterocycles. The van der Waals surface area contributed by atoms with E-state index >= 15 is 0 Å². The Bertz CT molecular complexity index is 3670. The van der Waals surface area contributed by atoms with Crippen molar-refractivity contribution in [2.75, 3.05) is 0 Å². The standard InChI is InChI=1S/C59H40N4O/c1-59-33-32-43(35-50(59)48-20-10-13-23-57(48)64-59)38-24-28-44(29-25-38)62-53-21-11-9-19-46(53)49-34-41(27-31-55(49)62)42-26-30-47-45-18-8-12-22-54(45)63(56(47)36-42)58-60-51(39-14-4-2-5-15-39)37-52(61-58)40-16-6-3-7-17-40/h2-32,34-37H,33H2,1H3. The highest BCUT2D eigenvalue weighted by Crippen LogP contribution is 2.49. The van der Waals surface area contributed by atoms with Gasteiger partial charge in [-0.3, -0.25) is 4.57 Å². The maximum atomic E-state index is 6.44. The molecule has 1 atom stereocenters. The van der Waals surface area contributed by atoms with E-state index in [1.54, 1.807) is 0 Å². The summed E-state index contributed by atoms with van der Waals surface area (Å²) in [4.78, 5) is 10.5. The highest BCUT2D eigenvalue weighted by molar-refractivity contribution is 6.12. The number of hydrogen-bond acceptors (Lipinski definition) is 3. The van der Waals surface area contributed by atoms with Gasteiger partial charge in [0.25, 0.3) is 0 Å². The van der Waals surface area contributed by atoms with E-state index in [1.165, 1.54) is 44.1 Å². The maximum absolute atomic E-state index is 6.44. The minimum atomic E-state index is -0.325. The Kier molecular flexibility index (Phi) is 8.03. The van der Waals surface area contributed by atoms with E-state index in [0.717, 1.165) is 73.3 Å². The zero-order chi connectivity index (χ0) is 42.4. The van der Waals surface area contributed by atoms with Gasteiger partial charge in [0.15, 0.2) is 0 Å². The summed E-state index contributed by atoms with van der Waals surface area (Å²) in [7, 11) is 0. The van der Waals surface area contributed by atoms with Crippen molar-refractivity contribution in [2.24, 2.45) is 0 Å². The van der Waals surface area contributed by atoms with E-state index in [9.17, 15) is 0 Å². The molecule has 11 aromatic rings. The van der Waals surface area contributed by atoms with Crippen LogP contribution < -0.4 is 4.74 Å². The summed E-state index contributed by atoms with van der Waals surface area (Å²) in [5.41, 5.74) is 16.3. The van der Waals surface area contributed by atoms with Crippen LogP contribution in [0.2, 0.25) is 0 Å². The molecule has 0 saturated carbocycles. The number of nitrogens with zero attached hydrogens (tertiary/aromatic N) is 4. The second-order valence-electron chi connectivity index (χ2n) is 17.1. The maximum Gasteiger partial charge on any atom is 0.235 e. The largest absolute Gasteiger partial charge is 0.482 e. The van der Waals surface area contributed by atoms with Crippen LogP contribution in [0.4, 0.5) is 0 Å². The summed E-state index contributed by atoms with van der Waals surface area (Å²) in [6, 6.07) is 71.3. The fraction of sp³-hybridized carbons (Fsp3) is 0.0508. The molecule has 64 heavy (non-hydrogen) atoms. The van der Waals surface area contributed by atoms with E-state index in [4.69, 9.17) is 14.7 Å². The highest BCUT2D eigenvalue weighted by Gasteiger charge is 2.40. The van der Waals surface area contributed by atoms with Crippen molar-refractivity contribution in [3.63, 3.8) is 0 Å².